The van der Waals surface area contributed by atoms with Gasteiger partial charge in [0.25, 0.3) is 5.24 Å². The van der Waals surface area contributed by atoms with Crippen molar-refractivity contribution in [1.29, 1.82) is 0 Å². The molecule has 1 aromatic carbocycles. The van der Waals surface area contributed by atoms with Gasteiger partial charge >= 0.3 is 0 Å². The first-order chi connectivity index (χ1) is 10.6. The number of aryl methyl sites for hydroxylation is 1. The number of carbonyl (C=O) groups is 1. The second-order valence-electron chi connectivity index (χ2n) is 5.81. The first-order valence-corrected chi connectivity index (χ1v) is 11.2. The molecule has 0 N–H and O–H groups in total. The van der Waals surface area contributed by atoms with Crippen molar-refractivity contribution in [1.82, 2.24) is 0 Å². The van der Waals surface area contributed by atoms with Crippen molar-refractivity contribution in [3.05, 3.63) is 23.3 Å². The number of hydrogen-bond acceptors (Lipinski definition) is 5. The topological polar surface area (TPSA) is 85.3 Å². The summed E-state index contributed by atoms with van der Waals surface area (Å²) in [6, 6.07) is 2.41. The summed E-state index contributed by atoms with van der Waals surface area (Å²) < 4.78 is 49.9. The van der Waals surface area contributed by atoms with Crippen molar-refractivity contribution in [3.8, 4) is 0 Å². The summed E-state index contributed by atoms with van der Waals surface area (Å²) in [5.41, 5.74) is 0.480. The maximum atomic E-state index is 12.9. The van der Waals surface area contributed by atoms with Gasteiger partial charge in [0.15, 0.2) is 19.7 Å². The van der Waals surface area contributed by atoms with Gasteiger partial charge in [0.2, 0.25) is 0 Å². The van der Waals surface area contributed by atoms with Crippen LogP contribution in [0.15, 0.2) is 21.9 Å². The fourth-order valence-corrected chi connectivity index (χ4v) is 6.66. The van der Waals surface area contributed by atoms with Gasteiger partial charge in [-0.05, 0) is 48.6 Å². The van der Waals surface area contributed by atoms with Crippen LogP contribution in [0.5, 0.6) is 0 Å². The highest BCUT2D eigenvalue weighted by atomic mass is 35.5. The van der Waals surface area contributed by atoms with Crippen LogP contribution in [0.25, 0.3) is 0 Å². The highest BCUT2D eigenvalue weighted by Gasteiger charge is 2.35. The lowest BCUT2D eigenvalue weighted by atomic mass is 10.1. The van der Waals surface area contributed by atoms with Gasteiger partial charge in [-0.3, -0.25) is 4.79 Å². The molecule has 1 aromatic rings. The largest absolute Gasteiger partial charge is 0.276 e. The van der Waals surface area contributed by atoms with Gasteiger partial charge in [-0.2, -0.15) is 0 Å². The number of hydrogen-bond donors (Lipinski definition) is 0. The van der Waals surface area contributed by atoms with E-state index in [4.69, 9.17) is 11.6 Å². The number of sulfone groups is 2. The minimum absolute atomic E-state index is 0.0416. The van der Waals surface area contributed by atoms with Crippen molar-refractivity contribution in [3.63, 3.8) is 0 Å². The van der Waals surface area contributed by atoms with E-state index < -0.39 is 30.2 Å². The normalized spacial score (nSPS) is 16.7. The molecule has 0 saturated heterocycles. The lowest BCUT2D eigenvalue weighted by molar-refractivity contribution is 0.108. The number of benzene rings is 1. The van der Waals surface area contributed by atoms with Crippen molar-refractivity contribution in [2.45, 2.75) is 54.1 Å². The molecule has 0 heterocycles. The van der Waals surface area contributed by atoms with Gasteiger partial charge in [0.05, 0.1) is 15.0 Å². The zero-order chi connectivity index (χ0) is 17.4. The Balaban J connectivity index is 2.78. The van der Waals surface area contributed by atoms with E-state index in [0.29, 0.717) is 24.8 Å². The maximum Gasteiger partial charge on any atom is 0.252 e. The van der Waals surface area contributed by atoms with Crippen LogP contribution in [0.2, 0.25) is 0 Å². The Morgan fingerprint density at radius 3 is 2.13 bits per heavy atom. The van der Waals surface area contributed by atoms with E-state index in [9.17, 15) is 21.6 Å². The van der Waals surface area contributed by atoms with Gasteiger partial charge in [-0.25, -0.2) is 16.8 Å². The molecule has 1 fully saturated rings. The van der Waals surface area contributed by atoms with Crippen LogP contribution in [0.4, 0.5) is 0 Å². The lowest BCUT2D eigenvalue weighted by Gasteiger charge is -2.17. The van der Waals surface area contributed by atoms with Crippen LogP contribution in [-0.4, -0.2) is 33.6 Å². The van der Waals surface area contributed by atoms with E-state index >= 15 is 0 Å². The summed E-state index contributed by atoms with van der Waals surface area (Å²) in [6.45, 7) is 1.75. The van der Waals surface area contributed by atoms with Crippen LogP contribution in [0, 0.1) is 0 Å². The van der Waals surface area contributed by atoms with Crippen LogP contribution >= 0.6 is 11.6 Å². The fourth-order valence-electron chi connectivity index (χ4n) is 2.97. The first kappa shape index (κ1) is 18.4. The molecule has 23 heavy (non-hydrogen) atoms. The first-order valence-electron chi connectivity index (χ1n) is 7.39. The Kier molecular flexibility index (Phi) is 5.23. The molecule has 128 valence electrons. The van der Waals surface area contributed by atoms with Crippen LogP contribution in [-0.2, 0) is 26.1 Å². The standard InChI is InChI=1S/C15H19ClO5S2/c1-3-10-8-14(23(20,21)11-6-4-5-7-11)13(22(2,18)19)9-12(10)15(16)17/h8-9,11H,3-7H2,1-2H3. The smallest absolute Gasteiger partial charge is 0.252 e. The molecule has 0 bridgehead atoms. The summed E-state index contributed by atoms with van der Waals surface area (Å²) >= 11 is 5.52. The van der Waals surface area contributed by atoms with Crippen molar-refractivity contribution < 1.29 is 21.6 Å². The van der Waals surface area contributed by atoms with E-state index in [2.05, 4.69) is 0 Å². The highest BCUT2D eigenvalue weighted by Crippen LogP contribution is 2.34. The molecule has 0 aromatic heterocycles. The van der Waals surface area contributed by atoms with Crippen LogP contribution in [0.1, 0.15) is 48.5 Å². The molecule has 0 spiro atoms. The fraction of sp³-hybridized carbons (Fsp3) is 0.533. The van der Waals surface area contributed by atoms with Gasteiger partial charge in [0.1, 0.15) is 0 Å². The Labute approximate surface area is 141 Å². The summed E-state index contributed by atoms with van der Waals surface area (Å²) in [5, 5.41) is -1.36. The molecule has 0 radical (unpaired) electrons. The van der Waals surface area contributed by atoms with Gasteiger partial charge < -0.3 is 0 Å². The molecule has 0 unspecified atom stereocenters. The average molecular weight is 379 g/mol. The minimum atomic E-state index is -3.82. The van der Waals surface area contributed by atoms with E-state index in [1.165, 1.54) is 6.07 Å². The Morgan fingerprint density at radius 2 is 1.70 bits per heavy atom. The van der Waals surface area contributed by atoms with E-state index in [0.717, 1.165) is 25.2 Å². The monoisotopic (exact) mass is 378 g/mol. The third-order valence-corrected chi connectivity index (χ3v) is 7.98. The van der Waals surface area contributed by atoms with Crippen molar-refractivity contribution in [2.75, 3.05) is 6.26 Å². The SMILES string of the molecule is CCc1cc(S(=O)(=O)C2CCCC2)c(S(C)(=O)=O)cc1C(=O)Cl. The number of halogens is 1. The molecule has 2 rings (SSSR count). The molecule has 0 amide bonds. The molecular formula is C15H19ClO5S2. The van der Waals surface area contributed by atoms with Crippen LogP contribution in [0.3, 0.4) is 0 Å². The second-order valence-corrected chi connectivity index (χ2v) is 10.3. The Hall–Kier alpha value is -0.920. The van der Waals surface area contributed by atoms with E-state index in [1.807, 2.05) is 0 Å². The highest BCUT2D eigenvalue weighted by molar-refractivity contribution is 7.94. The second kappa shape index (κ2) is 6.53. The van der Waals surface area contributed by atoms with Gasteiger partial charge in [-0.15, -0.1) is 0 Å². The van der Waals surface area contributed by atoms with Gasteiger partial charge in [0, 0.05) is 11.8 Å². The van der Waals surface area contributed by atoms with E-state index in [-0.39, 0.29) is 15.4 Å². The summed E-state index contributed by atoms with van der Waals surface area (Å²) in [6.07, 6.45) is 4.01. The molecule has 1 aliphatic carbocycles. The quantitative estimate of drug-likeness (QED) is 0.735. The molecule has 5 nitrogen and oxygen atoms in total. The molecule has 8 heteroatoms. The molecule has 1 saturated carbocycles. The molecular weight excluding hydrogens is 360 g/mol. The zero-order valence-electron chi connectivity index (χ0n) is 13.0. The third kappa shape index (κ3) is 3.61. The molecule has 0 atom stereocenters. The maximum absolute atomic E-state index is 12.9. The lowest BCUT2D eigenvalue weighted by Crippen LogP contribution is -2.21. The van der Waals surface area contributed by atoms with Crippen LogP contribution < -0.4 is 0 Å². The zero-order valence-corrected chi connectivity index (χ0v) is 15.4. The average Bonchev–Trinajstić information content (AvgIpc) is 2.99. The third-order valence-electron chi connectivity index (χ3n) is 4.21. The number of carbonyl (C=O) groups excluding carboxylic acids is 1. The van der Waals surface area contributed by atoms with Gasteiger partial charge in [-0.1, -0.05) is 19.8 Å². The minimum Gasteiger partial charge on any atom is -0.276 e. The predicted octanol–water partition coefficient (Wildman–Crippen LogP) is 2.75. The predicted molar refractivity (Wildman–Crippen MR) is 88.6 cm³/mol. The van der Waals surface area contributed by atoms with E-state index in [1.54, 1.807) is 6.92 Å². The summed E-state index contributed by atoms with van der Waals surface area (Å²) in [4.78, 5) is 11.0. The summed E-state index contributed by atoms with van der Waals surface area (Å²) in [5.74, 6) is 0. The molecule has 0 aliphatic heterocycles. The summed E-state index contributed by atoms with van der Waals surface area (Å²) in [7, 11) is -7.58. The number of rotatable bonds is 5. The Bertz CT molecular complexity index is 835. The van der Waals surface area contributed by atoms with Crippen molar-refractivity contribution in [2.24, 2.45) is 0 Å². The van der Waals surface area contributed by atoms with Crippen molar-refractivity contribution >= 4 is 36.5 Å². The Morgan fingerprint density at radius 1 is 1.13 bits per heavy atom. The molecule has 1 aliphatic rings.